The zero-order valence-corrected chi connectivity index (χ0v) is 10.00. The number of nitrogens with zero attached hydrogens (tertiary/aromatic N) is 3. The summed E-state index contributed by atoms with van der Waals surface area (Å²) in [6.07, 6.45) is 1.51. The Morgan fingerprint density at radius 3 is 2.65 bits per heavy atom. The van der Waals surface area contributed by atoms with Gasteiger partial charge in [0.2, 0.25) is 5.88 Å². The minimum absolute atomic E-state index is 0.579. The molecule has 2 rings (SSSR count). The molecule has 4 nitrogen and oxygen atoms in total. The molecule has 0 aliphatic carbocycles. The van der Waals surface area contributed by atoms with E-state index in [2.05, 4.69) is 27.0 Å². The number of hydrogen-bond donors (Lipinski definition) is 0. The fourth-order valence-corrected chi connectivity index (χ4v) is 1.59. The van der Waals surface area contributed by atoms with Crippen molar-refractivity contribution in [1.29, 1.82) is 0 Å². The summed E-state index contributed by atoms with van der Waals surface area (Å²) in [6.45, 7) is 0.807. The van der Waals surface area contributed by atoms with E-state index in [-0.39, 0.29) is 0 Å². The molecule has 0 saturated heterocycles. The molecule has 88 valence electrons. The van der Waals surface area contributed by atoms with Gasteiger partial charge in [-0.05, 0) is 5.56 Å². The summed E-state index contributed by atoms with van der Waals surface area (Å²) >= 11 is 0. The van der Waals surface area contributed by atoms with E-state index in [1.165, 1.54) is 11.9 Å². The number of methoxy groups -OCH3 is 1. The topological polar surface area (TPSA) is 38.2 Å². The molecular weight excluding hydrogens is 214 g/mol. The zero-order valence-electron chi connectivity index (χ0n) is 10.00. The maximum absolute atomic E-state index is 5.08. The Bertz CT molecular complexity index is 473. The molecule has 0 unspecified atom stereocenters. The lowest BCUT2D eigenvalue weighted by Gasteiger charge is -2.18. The van der Waals surface area contributed by atoms with Gasteiger partial charge in [-0.25, -0.2) is 9.97 Å². The van der Waals surface area contributed by atoms with Crippen LogP contribution in [0.2, 0.25) is 0 Å². The molecule has 0 radical (unpaired) electrons. The Labute approximate surface area is 101 Å². The Morgan fingerprint density at radius 1 is 1.18 bits per heavy atom. The first-order chi connectivity index (χ1) is 8.29. The van der Waals surface area contributed by atoms with Gasteiger partial charge in [-0.15, -0.1) is 0 Å². The lowest BCUT2D eigenvalue weighted by Crippen LogP contribution is -2.17. The van der Waals surface area contributed by atoms with E-state index in [0.717, 1.165) is 12.4 Å². The minimum atomic E-state index is 0.579. The van der Waals surface area contributed by atoms with E-state index in [0.29, 0.717) is 5.88 Å². The van der Waals surface area contributed by atoms with Crippen LogP contribution in [-0.4, -0.2) is 24.1 Å². The van der Waals surface area contributed by atoms with Gasteiger partial charge < -0.3 is 9.64 Å². The third kappa shape index (κ3) is 2.93. The molecule has 1 aromatic heterocycles. The predicted octanol–water partition coefficient (Wildman–Crippen LogP) is 2.12. The fourth-order valence-electron chi connectivity index (χ4n) is 1.59. The normalized spacial score (nSPS) is 10.0. The lowest BCUT2D eigenvalue weighted by atomic mass is 10.2. The van der Waals surface area contributed by atoms with Crippen molar-refractivity contribution < 1.29 is 4.74 Å². The van der Waals surface area contributed by atoms with Crippen molar-refractivity contribution in [2.24, 2.45) is 0 Å². The number of anilines is 1. The Kier molecular flexibility index (Phi) is 3.55. The van der Waals surface area contributed by atoms with Crippen LogP contribution >= 0.6 is 0 Å². The van der Waals surface area contributed by atoms with Crippen molar-refractivity contribution in [2.75, 3.05) is 19.1 Å². The van der Waals surface area contributed by atoms with Gasteiger partial charge in [0.1, 0.15) is 12.1 Å². The smallest absolute Gasteiger partial charge is 0.218 e. The Hall–Kier alpha value is -2.10. The van der Waals surface area contributed by atoms with Crippen LogP contribution in [0, 0.1) is 0 Å². The first kappa shape index (κ1) is 11.4. The molecule has 0 spiro atoms. The second-order valence-electron chi connectivity index (χ2n) is 3.76. The van der Waals surface area contributed by atoms with Crippen molar-refractivity contribution in [3.63, 3.8) is 0 Å². The summed E-state index contributed by atoms with van der Waals surface area (Å²) in [6, 6.07) is 12.1. The van der Waals surface area contributed by atoms with Crippen molar-refractivity contribution >= 4 is 5.82 Å². The van der Waals surface area contributed by atoms with Crippen LogP contribution in [0.3, 0.4) is 0 Å². The van der Waals surface area contributed by atoms with Gasteiger partial charge in [-0.3, -0.25) is 0 Å². The summed E-state index contributed by atoms with van der Waals surface area (Å²) in [5.74, 6) is 1.43. The van der Waals surface area contributed by atoms with Gasteiger partial charge in [0.25, 0.3) is 0 Å². The maximum Gasteiger partial charge on any atom is 0.218 e. The highest BCUT2D eigenvalue weighted by atomic mass is 16.5. The van der Waals surface area contributed by atoms with Crippen molar-refractivity contribution in [1.82, 2.24) is 9.97 Å². The van der Waals surface area contributed by atoms with Crippen molar-refractivity contribution in [3.8, 4) is 5.88 Å². The summed E-state index contributed by atoms with van der Waals surface area (Å²) < 4.78 is 5.08. The summed E-state index contributed by atoms with van der Waals surface area (Å²) in [7, 11) is 3.60. The van der Waals surface area contributed by atoms with Crippen LogP contribution in [0.15, 0.2) is 42.7 Å². The van der Waals surface area contributed by atoms with E-state index in [9.17, 15) is 0 Å². The first-order valence-electron chi connectivity index (χ1n) is 5.40. The van der Waals surface area contributed by atoms with Gasteiger partial charge >= 0.3 is 0 Å². The van der Waals surface area contributed by atoms with E-state index in [4.69, 9.17) is 4.74 Å². The monoisotopic (exact) mass is 229 g/mol. The molecule has 0 fully saturated rings. The van der Waals surface area contributed by atoms with E-state index in [1.807, 2.05) is 31.3 Å². The predicted molar refractivity (Wildman–Crippen MR) is 67.1 cm³/mol. The van der Waals surface area contributed by atoms with Crippen LogP contribution < -0.4 is 9.64 Å². The molecule has 2 aromatic rings. The van der Waals surface area contributed by atoms with E-state index >= 15 is 0 Å². The van der Waals surface area contributed by atoms with Crippen LogP contribution in [-0.2, 0) is 6.54 Å². The van der Waals surface area contributed by atoms with Crippen molar-refractivity contribution in [2.45, 2.75) is 6.54 Å². The quantitative estimate of drug-likeness (QED) is 0.805. The third-order valence-electron chi connectivity index (χ3n) is 2.49. The van der Waals surface area contributed by atoms with Crippen LogP contribution in [0.1, 0.15) is 5.56 Å². The first-order valence-corrected chi connectivity index (χ1v) is 5.40. The molecule has 0 N–H and O–H groups in total. The molecule has 0 saturated carbocycles. The third-order valence-corrected chi connectivity index (χ3v) is 2.49. The van der Waals surface area contributed by atoms with Gasteiger partial charge in [0, 0.05) is 19.7 Å². The Balaban J connectivity index is 2.11. The second-order valence-corrected chi connectivity index (χ2v) is 3.76. The molecule has 0 amide bonds. The summed E-state index contributed by atoms with van der Waals surface area (Å²) in [4.78, 5) is 10.3. The molecule has 0 bridgehead atoms. The SMILES string of the molecule is COc1cc(N(C)Cc2ccccc2)ncn1. The second kappa shape index (κ2) is 5.30. The van der Waals surface area contributed by atoms with Gasteiger partial charge in [0.05, 0.1) is 7.11 Å². The van der Waals surface area contributed by atoms with Gasteiger partial charge in [-0.1, -0.05) is 30.3 Å². The molecule has 4 heteroatoms. The number of hydrogen-bond acceptors (Lipinski definition) is 4. The van der Waals surface area contributed by atoms with Gasteiger partial charge in [0.15, 0.2) is 0 Å². The van der Waals surface area contributed by atoms with E-state index < -0.39 is 0 Å². The molecular formula is C13H15N3O. The highest BCUT2D eigenvalue weighted by molar-refractivity contribution is 5.40. The molecule has 0 aliphatic rings. The Morgan fingerprint density at radius 2 is 1.94 bits per heavy atom. The van der Waals surface area contributed by atoms with Crippen LogP contribution in [0.5, 0.6) is 5.88 Å². The molecule has 0 atom stereocenters. The minimum Gasteiger partial charge on any atom is -0.481 e. The molecule has 0 aliphatic heterocycles. The highest BCUT2D eigenvalue weighted by Gasteiger charge is 2.05. The van der Waals surface area contributed by atoms with E-state index in [1.54, 1.807) is 7.11 Å². The average Bonchev–Trinajstić information content (AvgIpc) is 2.40. The number of benzene rings is 1. The number of ether oxygens (including phenoxy) is 1. The standard InChI is InChI=1S/C13H15N3O/c1-16(9-11-6-4-3-5-7-11)12-8-13(17-2)15-10-14-12/h3-8,10H,9H2,1-2H3. The van der Waals surface area contributed by atoms with Gasteiger partial charge in [-0.2, -0.15) is 0 Å². The zero-order chi connectivity index (χ0) is 12.1. The molecule has 1 aromatic carbocycles. The average molecular weight is 229 g/mol. The molecule has 17 heavy (non-hydrogen) atoms. The summed E-state index contributed by atoms with van der Waals surface area (Å²) in [5.41, 5.74) is 1.24. The fraction of sp³-hybridized carbons (Fsp3) is 0.231. The molecule has 1 heterocycles. The van der Waals surface area contributed by atoms with Crippen LogP contribution in [0.25, 0.3) is 0 Å². The summed E-state index contributed by atoms with van der Waals surface area (Å²) in [5, 5.41) is 0. The number of rotatable bonds is 4. The highest BCUT2D eigenvalue weighted by Crippen LogP contribution is 2.16. The maximum atomic E-state index is 5.08. The largest absolute Gasteiger partial charge is 0.481 e. The van der Waals surface area contributed by atoms with Crippen molar-refractivity contribution in [3.05, 3.63) is 48.3 Å². The number of aromatic nitrogens is 2. The van der Waals surface area contributed by atoms with Crippen LogP contribution in [0.4, 0.5) is 5.82 Å². The lowest BCUT2D eigenvalue weighted by molar-refractivity contribution is 0.397.